The van der Waals surface area contributed by atoms with Gasteiger partial charge >= 0.3 is 0 Å². The Kier molecular flexibility index (Phi) is 7.55. The Morgan fingerprint density at radius 1 is 1.28 bits per heavy atom. The lowest BCUT2D eigenvalue weighted by molar-refractivity contribution is 0.0594. The van der Waals surface area contributed by atoms with E-state index in [0.717, 1.165) is 25.9 Å². The summed E-state index contributed by atoms with van der Waals surface area (Å²) in [5, 5.41) is 13.8. The fraction of sp³-hybridized carbons (Fsp3) is 0.400. The van der Waals surface area contributed by atoms with Crippen LogP contribution in [-0.2, 0) is 0 Å². The largest absolute Gasteiger partial charge is 0.490 e. The molecule has 0 unspecified atom stereocenters. The summed E-state index contributed by atoms with van der Waals surface area (Å²) in [5.41, 5.74) is -0.427. The van der Waals surface area contributed by atoms with Crippen molar-refractivity contribution < 1.29 is 14.6 Å². The predicted molar refractivity (Wildman–Crippen MR) is 112 cm³/mol. The molecule has 1 aliphatic heterocycles. The molecule has 0 spiro atoms. The van der Waals surface area contributed by atoms with E-state index in [1.54, 1.807) is 24.3 Å². The van der Waals surface area contributed by atoms with Crippen LogP contribution in [0.3, 0.4) is 0 Å². The van der Waals surface area contributed by atoms with Gasteiger partial charge in [-0.1, -0.05) is 23.2 Å². The Balaban J connectivity index is 1.39. The molecule has 1 fully saturated rings. The number of rotatable bonds is 7. The van der Waals surface area contributed by atoms with Gasteiger partial charge < -0.3 is 25.0 Å². The SMILES string of the molecule is O=C(NC[C@@H](O)CN1CCC(Oc2ccc(Cl)c(Cl)c2)CC1)c1ccc[nH]c1=O. The molecule has 7 nitrogen and oxygen atoms in total. The number of piperidine rings is 1. The highest BCUT2D eigenvalue weighted by atomic mass is 35.5. The molecule has 1 atom stereocenters. The summed E-state index contributed by atoms with van der Waals surface area (Å²) in [5.74, 6) is 0.191. The second-order valence-corrected chi connectivity index (χ2v) is 7.78. The standard InChI is InChI=1S/C20H23Cl2N3O4/c21-17-4-3-15(10-18(17)22)29-14-5-8-25(9-6-14)12-13(26)11-24-20(28)16-2-1-7-23-19(16)27/h1-4,7,10,13-14,26H,5-6,8-9,11-12H2,(H,23,27)(H,24,28)/t13-/m1/s1. The highest BCUT2D eigenvalue weighted by Crippen LogP contribution is 2.28. The number of pyridine rings is 1. The zero-order valence-corrected chi connectivity index (χ0v) is 17.2. The Hall–Kier alpha value is -2.06. The number of aromatic nitrogens is 1. The van der Waals surface area contributed by atoms with Gasteiger partial charge in [-0.05, 0) is 37.1 Å². The van der Waals surface area contributed by atoms with Crippen LogP contribution in [0.5, 0.6) is 5.75 Å². The van der Waals surface area contributed by atoms with Crippen LogP contribution < -0.4 is 15.6 Å². The van der Waals surface area contributed by atoms with Crippen molar-refractivity contribution in [3.05, 3.63) is 62.5 Å². The van der Waals surface area contributed by atoms with Crippen LogP contribution in [0.15, 0.2) is 41.3 Å². The van der Waals surface area contributed by atoms with E-state index in [4.69, 9.17) is 27.9 Å². The van der Waals surface area contributed by atoms with Gasteiger partial charge in [0.1, 0.15) is 17.4 Å². The highest BCUT2D eigenvalue weighted by molar-refractivity contribution is 6.42. The number of ether oxygens (including phenoxy) is 1. The number of hydrogen-bond donors (Lipinski definition) is 3. The van der Waals surface area contributed by atoms with Gasteiger partial charge in [0.25, 0.3) is 11.5 Å². The molecule has 9 heteroatoms. The number of hydrogen-bond acceptors (Lipinski definition) is 5. The van der Waals surface area contributed by atoms with Crippen LogP contribution in [0, 0.1) is 0 Å². The Morgan fingerprint density at radius 2 is 2.03 bits per heavy atom. The maximum Gasteiger partial charge on any atom is 0.260 e. The number of nitrogens with zero attached hydrogens (tertiary/aromatic N) is 1. The molecule has 0 bridgehead atoms. The molecule has 156 valence electrons. The normalized spacial score (nSPS) is 16.4. The number of aliphatic hydroxyl groups is 1. The summed E-state index contributed by atoms with van der Waals surface area (Å²) in [6.45, 7) is 2.06. The lowest BCUT2D eigenvalue weighted by atomic mass is 10.1. The van der Waals surface area contributed by atoms with E-state index < -0.39 is 17.6 Å². The molecule has 0 radical (unpaired) electrons. The van der Waals surface area contributed by atoms with Crippen molar-refractivity contribution >= 4 is 29.1 Å². The van der Waals surface area contributed by atoms with Crippen molar-refractivity contribution in [1.29, 1.82) is 0 Å². The lowest BCUT2D eigenvalue weighted by Crippen LogP contribution is -2.45. The van der Waals surface area contributed by atoms with E-state index in [2.05, 4.69) is 15.2 Å². The van der Waals surface area contributed by atoms with Gasteiger partial charge in [0.05, 0.1) is 16.1 Å². The first-order valence-electron chi connectivity index (χ1n) is 9.40. The number of benzene rings is 1. The molecule has 1 aromatic heterocycles. The average molecular weight is 440 g/mol. The summed E-state index contributed by atoms with van der Waals surface area (Å²) in [6, 6.07) is 8.24. The smallest absolute Gasteiger partial charge is 0.260 e. The number of H-pyrrole nitrogens is 1. The molecule has 3 rings (SSSR count). The zero-order valence-electron chi connectivity index (χ0n) is 15.7. The molecule has 29 heavy (non-hydrogen) atoms. The summed E-state index contributed by atoms with van der Waals surface area (Å²) >= 11 is 11.9. The lowest BCUT2D eigenvalue weighted by Gasteiger charge is -2.33. The second-order valence-electron chi connectivity index (χ2n) is 6.97. The molecular formula is C20H23Cl2N3O4. The monoisotopic (exact) mass is 439 g/mol. The van der Waals surface area contributed by atoms with Crippen molar-refractivity contribution in [1.82, 2.24) is 15.2 Å². The zero-order chi connectivity index (χ0) is 20.8. The van der Waals surface area contributed by atoms with Gasteiger partial charge in [-0.2, -0.15) is 0 Å². The number of β-amino-alcohol motifs (C(OH)–C–C–N with tert-alkyl or cyclic N) is 1. The van der Waals surface area contributed by atoms with E-state index in [1.165, 1.54) is 12.3 Å². The number of halogens is 2. The number of amides is 1. The molecule has 2 heterocycles. The van der Waals surface area contributed by atoms with Crippen molar-refractivity contribution in [2.45, 2.75) is 25.0 Å². The fourth-order valence-corrected chi connectivity index (χ4v) is 3.51. The summed E-state index contributed by atoms with van der Waals surface area (Å²) in [4.78, 5) is 28.2. The summed E-state index contributed by atoms with van der Waals surface area (Å²) < 4.78 is 5.96. The van der Waals surface area contributed by atoms with Gasteiger partial charge in [-0.3, -0.25) is 9.59 Å². The minimum atomic E-state index is -0.728. The minimum Gasteiger partial charge on any atom is -0.490 e. The molecular weight excluding hydrogens is 417 g/mol. The molecule has 0 aliphatic carbocycles. The first-order chi connectivity index (χ1) is 13.9. The Labute approximate surface area is 178 Å². The van der Waals surface area contributed by atoms with Crippen LogP contribution >= 0.6 is 23.2 Å². The van der Waals surface area contributed by atoms with Crippen LogP contribution in [0.1, 0.15) is 23.2 Å². The number of carbonyl (C=O) groups excluding carboxylic acids is 1. The van der Waals surface area contributed by atoms with Gasteiger partial charge in [0.15, 0.2) is 0 Å². The molecule has 2 aromatic rings. The topological polar surface area (TPSA) is 94.7 Å². The van der Waals surface area contributed by atoms with E-state index in [1.807, 2.05) is 0 Å². The number of carbonyl (C=O) groups is 1. The molecule has 1 amide bonds. The van der Waals surface area contributed by atoms with E-state index >= 15 is 0 Å². The van der Waals surface area contributed by atoms with E-state index in [-0.39, 0.29) is 18.2 Å². The first kappa shape index (κ1) is 21.6. The maximum atomic E-state index is 12.0. The summed E-state index contributed by atoms with van der Waals surface area (Å²) in [6.07, 6.45) is 2.44. The molecule has 1 saturated heterocycles. The van der Waals surface area contributed by atoms with Gasteiger partial charge in [-0.15, -0.1) is 0 Å². The van der Waals surface area contributed by atoms with Crippen molar-refractivity contribution in [3.8, 4) is 5.75 Å². The highest BCUT2D eigenvalue weighted by Gasteiger charge is 2.23. The number of nitrogens with one attached hydrogen (secondary N) is 2. The number of aliphatic hydroxyl groups excluding tert-OH is 1. The Bertz CT molecular complexity index is 897. The van der Waals surface area contributed by atoms with Crippen LogP contribution in [0.25, 0.3) is 0 Å². The third kappa shape index (κ3) is 6.21. The molecule has 0 saturated carbocycles. The van der Waals surface area contributed by atoms with E-state index in [9.17, 15) is 14.7 Å². The van der Waals surface area contributed by atoms with Crippen molar-refractivity contribution in [3.63, 3.8) is 0 Å². The van der Waals surface area contributed by atoms with E-state index in [0.29, 0.717) is 22.3 Å². The third-order valence-corrected chi connectivity index (χ3v) is 5.50. The predicted octanol–water partition coefficient (Wildman–Crippen LogP) is 2.32. The van der Waals surface area contributed by atoms with Crippen molar-refractivity contribution in [2.24, 2.45) is 0 Å². The summed E-state index contributed by atoms with van der Waals surface area (Å²) in [7, 11) is 0. The Morgan fingerprint density at radius 3 is 2.72 bits per heavy atom. The molecule has 1 aromatic carbocycles. The van der Waals surface area contributed by atoms with Crippen molar-refractivity contribution in [2.75, 3.05) is 26.2 Å². The second kappa shape index (κ2) is 10.1. The number of likely N-dealkylation sites (tertiary alicyclic amines) is 1. The molecule has 3 N–H and O–H groups in total. The quantitative estimate of drug-likeness (QED) is 0.615. The first-order valence-corrected chi connectivity index (χ1v) is 10.2. The molecule has 1 aliphatic rings. The number of aromatic amines is 1. The van der Waals surface area contributed by atoms with Crippen LogP contribution in [0.4, 0.5) is 0 Å². The van der Waals surface area contributed by atoms with Gasteiger partial charge in [0, 0.05) is 38.4 Å². The maximum absolute atomic E-state index is 12.0. The minimum absolute atomic E-state index is 0.0277. The average Bonchev–Trinajstić information content (AvgIpc) is 2.71. The fourth-order valence-electron chi connectivity index (χ4n) is 3.22. The van der Waals surface area contributed by atoms with Crippen LogP contribution in [-0.4, -0.2) is 59.3 Å². The van der Waals surface area contributed by atoms with Gasteiger partial charge in [-0.25, -0.2) is 0 Å². The third-order valence-electron chi connectivity index (χ3n) is 4.76. The van der Waals surface area contributed by atoms with Gasteiger partial charge in [0.2, 0.25) is 0 Å². The van der Waals surface area contributed by atoms with Crippen LogP contribution in [0.2, 0.25) is 10.0 Å².